The van der Waals surface area contributed by atoms with Gasteiger partial charge in [-0.1, -0.05) is 12.8 Å². The van der Waals surface area contributed by atoms with E-state index in [0.29, 0.717) is 12.6 Å². The molecule has 0 aromatic carbocycles. The summed E-state index contributed by atoms with van der Waals surface area (Å²) in [7, 11) is 0. The first-order chi connectivity index (χ1) is 10.8. The van der Waals surface area contributed by atoms with E-state index in [2.05, 4.69) is 5.32 Å². The monoisotopic (exact) mass is 317 g/mol. The standard InChI is InChI=1S/C17H23N3OS/c1-2-20-16(21)14-12-9-5-6-10-13(12)22-15(14)19-17(20)18-11-7-3-4-8-11/h11H,2-10H2,1H3,(H,18,19). The Morgan fingerprint density at radius 2 is 2.00 bits per heavy atom. The number of nitrogens with one attached hydrogen (secondary N) is 1. The van der Waals surface area contributed by atoms with Gasteiger partial charge in [0.1, 0.15) is 4.83 Å². The van der Waals surface area contributed by atoms with Crippen LogP contribution in [0.5, 0.6) is 0 Å². The minimum Gasteiger partial charge on any atom is -0.353 e. The van der Waals surface area contributed by atoms with Crippen molar-refractivity contribution >= 4 is 27.5 Å². The molecule has 4 rings (SSSR count). The van der Waals surface area contributed by atoms with Crippen molar-refractivity contribution in [3.8, 4) is 0 Å². The average Bonchev–Trinajstić information content (AvgIpc) is 3.14. The maximum atomic E-state index is 13.0. The largest absolute Gasteiger partial charge is 0.353 e. The zero-order valence-corrected chi connectivity index (χ0v) is 14.0. The molecule has 2 aliphatic rings. The Morgan fingerprint density at radius 3 is 2.77 bits per heavy atom. The first kappa shape index (κ1) is 14.2. The maximum Gasteiger partial charge on any atom is 0.263 e. The van der Waals surface area contributed by atoms with Crippen LogP contribution in [0.4, 0.5) is 5.95 Å². The molecule has 0 aliphatic heterocycles. The van der Waals surface area contributed by atoms with Crippen LogP contribution in [-0.2, 0) is 19.4 Å². The zero-order valence-electron chi connectivity index (χ0n) is 13.2. The smallest absolute Gasteiger partial charge is 0.263 e. The second kappa shape index (κ2) is 5.69. The number of fused-ring (bicyclic) bond motifs is 3. The Labute approximate surface area is 134 Å². The molecule has 0 amide bonds. The van der Waals surface area contributed by atoms with E-state index in [1.165, 1.54) is 49.0 Å². The first-order valence-corrected chi connectivity index (χ1v) is 9.41. The fourth-order valence-electron chi connectivity index (χ4n) is 3.89. The van der Waals surface area contributed by atoms with Gasteiger partial charge in [-0.3, -0.25) is 9.36 Å². The summed E-state index contributed by atoms with van der Waals surface area (Å²) in [5.74, 6) is 0.783. The topological polar surface area (TPSA) is 46.9 Å². The Morgan fingerprint density at radius 1 is 1.23 bits per heavy atom. The number of thiophene rings is 1. The Balaban J connectivity index is 1.85. The highest BCUT2D eigenvalue weighted by Gasteiger charge is 2.23. The van der Waals surface area contributed by atoms with Crippen molar-refractivity contribution in [1.82, 2.24) is 9.55 Å². The lowest BCUT2D eigenvalue weighted by Gasteiger charge is -2.17. The molecular formula is C17H23N3OS. The molecule has 0 saturated heterocycles. The highest BCUT2D eigenvalue weighted by Crippen LogP contribution is 2.34. The normalized spacial score (nSPS) is 18.8. The van der Waals surface area contributed by atoms with Gasteiger partial charge in [-0.2, -0.15) is 0 Å². The molecule has 2 aromatic rings. The lowest BCUT2D eigenvalue weighted by Crippen LogP contribution is -2.27. The fourth-order valence-corrected chi connectivity index (χ4v) is 5.15. The molecule has 1 saturated carbocycles. The van der Waals surface area contributed by atoms with Crippen molar-refractivity contribution in [2.24, 2.45) is 0 Å². The van der Waals surface area contributed by atoms with Crippen molar-refractivity contribution in [3.63, 3.8) is 0 Å². The van der Waals surface area contributed by atoms with Crippen LogP contribution in [0.1, 0.15) is 55.9 Å². The number of aryl methyl sites for hydroxylation is 2. The molecule has 5 heteroatoms. The third-order valence-corrected chi connectivity index (χ3v) is 6.27. The van der Waals surface area contributed by atoms with Crippen molar-refractivity contribution in [1.29, 1.82) is 0 Å². The quantitative estimate of drug-likeness (QED) is 0.938. The van der Waals surface area contributed by atoms with Crippen LogP contribution in [0.3, 0.4) is 0 Å². The molecule has 22 heavy (non-hydrogen) atoms. The SMILES string of the molecule is CCn1c(NC2CCCC2)nc2sc3c(c2c1=O)CCCC3. The fraction of sp³-hybridized carbons (Fsp3) is 0.647. The number of rotatable bonds is 3. The Kier molecular flexibility index (Phi) is 3.68. The van der Waals surface area contributed by atoms with Gasteiger partial charge in [0.05, 0.1) is 5.39 Å². The van der Waals surface area contributed by atoms with E-state index in [0.717, 1.165) is 29.0 Å². The van der Waals surface area contributed by atoms with Crippen molar-refractivity contribution in [3.05, 3.63) is 20.8 Å². The minimum atomic E-state index is 0.160. The average molecular weight is 317 g/mol. The predicted octanol–water partition coefficient (Wildman–Crippen LogP) is 3.71. The van der Waals surface area contributed by atoms with E-state index in [9.17, 15) is 4.79 Å². The summed E-state index contributed by atoms with van der Waals surface area (Å²) in [6.45, 7) is 2.72. The van der Waals surface area contributed by atoms with Crippen LogP contribution in [0.15, 0.2) is 4.79 Å². The molecule has 0 bridgehead atoms. The van der Waals surface area contributed by atoms with Crippen molar-refractivity contribution < 1.29 is 0 Å². The molecule has 0 radical (unpaired) electrons. The number of anilines is 1. The molecule has 4 nitrogen and oxygen atoms in total. The van der Waals surface area contributed by atoms with Crippen LogP contribution in [-0.4, -0.2) is 15.6 Å². The van der Waals surface area contributed by atoms with E-state index in [1.54, 1.807) is 11.3 Å². The van der Waals surface area contributed by atoms with E-state index in [1.807, 2.05) is 11.5 Å². The van der Waals surface area contributed by atoms with Crippen LogP contribution in [0.2, 0.25) is 0 Å². The number of aromatic nitrogens is 2. The second-order valence-electron chi connectivity index (χ2n) is 6.50. The second-order valence-corrected chi connectivity index (χ2v) is 7.59. The molecule has 1 fully saturated rings. The lowest BCUT2D eigenvalue weighted by molar-refractivity contribution is 0.679. The van der Waals surface area contributed by atoms with Gasteiger partial charge in [0.2, 0.25) is 5.95 Å². The highest BCUT2D eigenvalue weighted by atomic mass is 32.1. The van der Waals surface area contributed by atoms with Gasteiger partial charge >= 0.3 is 0 Å². The molecule has 2 aliphatic carbocycles. The summed E-state index contributed by atoms with van der Waals surface area (Å²) in [5.41, 5.74) is 1.45. The molecule has 0 unspecified atom stereocenters. The van der Waals surface area contributed by atoms with Gasteiger partial charge in [-0.15, -0.1) is 11.3 Å². The minimum absolute atomic E-state index is 0.160. The van der Waals surface area contributed by atoms with Crippen LogP contribution < -0.4 is 10.9 Å². The lowest BCUT2D eigenvalue weighted by atomic mass is 9.97. The van der Waals surface area contributed by atoms with Crippen LogP contribution in [0.25, 0.3) is 10.2 Å². The predicted molar refractivity (Wildman–Crippen MR) is 92.1 cm³/mol. The molecule has 1 N–H and O–H groups in total. The van der Waals surface area contributed by atoms with E-state index in [-0.39, 0.29) is 5.56 Å². The van der Waals surface area contributed by atoms with Crippen LogP contribution >= 0.6 is 11.3 Å². The highest BCUT2D eigenvalue weighted by molar-refractivity contribution is 7.18. The molecule has 2 aromatic heterocycles. The van der Waals surface area contributed by atoms with E-state index < -0.39 is 0 Å². The first-order valence-electron chi connectivity index (χ1n) is 8.59. The molecule has 0 spiro atoms. The summed E-state index contributed by atoms with van der Waals surface area (Å²) in [6.07, 6.45) is 9.56. The van der Waals surface area contributed by atoms with E-state index in [4.69, 9.17) is 4.98 Å². The van der Waals surface area contributed by atoms with Gasteiger partial charge in [-0.05, 0) is 51.0 Å². The van der Waals surface area contributed by atoms with Crippen molar-refractivity contribution in [2.45, 2.75) is 70.9 Å². The molecule has 118 valence electrons. The summed E-state index contributed by atoms with van der Waals surface area (Å²) < 4.78 is 1.84. The van der Waals surface area contributed by atoms with Gasteiger partial charge in [0, 0.05) is 17.5 Å². The zero-order chi connectivity index (χ0) is 15.1. The van der Waals surface area contributed by atoms with Gasteiger partial charge < -0.3 is 5.32 Å². The van der Waals surface area contributed by atoms with Gasteiger partial charge in [-0.25, -0.2) is 4.98 Å². The Hall–Kier alpha value is -1.36. The summed E-state index contributed by atoms with van der Waals surface area (Å²) in [4.78, 5) is 20.2. The Bertz CT molecular complexity index is 755. The third kappa shape index (κ3) is 2.26. The van der Waals surface area contributed by atoms with Gasteiger partial charge in [0.15, 0.2) is 0 Å². The maximum absolute atomic E-state index is 13.0. The van der Waals surface area contributed by atoms with Crippen LogP contribution in [0, 0.1) is 0 Å². The molecular weight excluding hydrogens is 294 g/mol. The number of hydrogen-bond acceptors (Lipinski definition) is 4. The summed E-state index contributed by atoms with van der Waals surface area (Å²) >= 11 is 1.74. The third-order valence-electron chi connectivity index (χ3n) is 5.08. The molecule has 2 heterocycles. The van der Waals surface area contributed by atoms with Crippen molar-refractivity contribution in [2.75, 3.05) is 5.32 Å². The number of hydrogen-bond donors (Lipinski definition) is 1. The van der Waals surface area contributed by atoms with E-state index >= 15 is 0 Å². The summed E-state index contributed by atoms with van der Waals surface area (Å²) in [5, 5.41) is 4.43. The molecule has 0 atom stereocenters. The van der Waals surface area contributed by atoms with Gasteiger partial charge in [0.25, 0.3) is 5.56 Å². The number of nitrogens with zero attached hydrogens (tertiary/aromatic N) is 2. The summed E-state index contributed by atoms with van der Waals surface area (Å²) in [6, 6.07) is 0.483.